The number of rotatable bonds is 2. The molecule has 0 fully saturated rings. The first-order chi connectivity index (χ1) is 7.33. The number of aromatic nitrogens is 2. The minimum atomic E-state index is -0.314. The summed E-state index contributed by atoms with van der Waals surface area (Å²) in [5.41, 5.74) is -0.252. The normalized spacial score (nSPS) is 11.2. The van der Waals surface area contributed by atoms with E-state index in [-0.39, 0.29) is 22.7 Å². The molecule has 5 heteroatoms. The predicted molar refractivity (Wildman–Crippen MR) is 61.4 cm³/mol. The zero-order valence-electron chi connectivity index (χ0n) is 10.1. The molecule has 0 bridgehead atoms. The second-order valence-electron chi connectivity index (χ2n) is 4.58. The molecule has 16 heavy (non-hydrogen) atoms. The lowest BCUT2D eigenvalue weighted by molar-refractivity contribution is 0.0912. The van der Waals surface area contributed by atoms with E-state index in [2.05, 4.69) is 10.4 Å². The molecule has 5 nitrogen and oxygen atoms in total. The minimum Gasteiger partial charge on any atom is -0.346 e. The highest BCUT2D eigenvalue weighted by atomic mass is 16.2. The van der Waals surface area contributed by atoms with Crippen LogP contribution in [0.2, 0.25) is 0 Å². The van der Waals surface area contributed by atoms with Gasteiger partial charge in [0.25, 0.3) is 11.5 Å². The molecule has 0 aromatic carbocycles. The van der Waals surface area contributed by atoms with Gasteiger partial charge in [-0.3, -0.25) is 9.59 Å². The Morgan fingerprint density at radius 2 is 2.06 bits per heavy atom. The Morgan fingerprint density at radius 3 is 2.56 bits per heavy atom. The molecule has 1 aromatic rings. The fourth-order valence-electron chi connectivity index (χ4n) is 1.20. The van der Waals surface area contributed by atoms with E-state index < -0.39 is 0 Å². The van der Waals surface area contributed by atoms with Gasteiger partial charge in [0.05, 0.1) is 0 Å². The first-order valence-electron chi connectivity index (χ1n) is 5.24. The van der Waals surface area contributed by atoms with Crippen LogP contribution >= 0.6 is 0 Å². The molecule has 1 N–H and O–H groups in total. The van der Waals surface area contributed by atoms with E-state index in [9.17, 15) is 9.59 Å². The van der Waals surface area contributed by atoms with E-state index in [1.807, 2.05) is 20.8 Å². The lowest BCUT2D eigenvalue weighted by atomic mass is 10.1. The van der Waals surface area contributed by atoms with E-state index in [1.54, 1.807) is 6.92 Å². The summed E-state index contributed by atoms with van der Waals surface area (Å²) in [5.74, 6) is -0.269. The molecule has 0 aliphatic heterocycles. The molecule has 0 aliphatic carbocycles. The zero-order chi connectivity index (χ0) is 12.3. The molecule has 0 aliphatic rings. The summed E-state index contributed by atoms with van der Waals surface area (Å²) in [5, 5.41) is 6.76. The van der Waals surface area contributed by atoms with Crippen molar-refractivity contribution in [3.05, 3.63) is 28.2 Å². The van der Waals surface area contributed by atoms with Gasteiger partial charge in [-0.15, -0.1) is 0 Å². The van der Waals surface area contributed by atoms with Gasteiger partial charge in [0.2, 0.25) is 0 Å². The number of hydrogen-bond acceptors (Lipinski definition) is 3. The van der Waals surface area contributed by atoms with Gasteiger partial charge in [-0.25, -0.2) is 4.68 Å². The maximum absolute atomic E-state index is 11.8. The number of aryl methyl sites for hydroxylation is 1. The van der Waals surface area contributed by atoms with E-state index in [0.29, 0.717) is 6.54 Å². The maximum Gasteiger partial charge on any atom is 0.272 e. The number of amides is 1. The average Bonchev–Trinajstić information content (AvgIpc) is 2.15. The number of hydrogen-bond donors (Lipinski definition) is 1. The molecule has 1 amide bonds. The van der Waals surface area contributed by atoms with Crippen molar-refractivity contribution in [3.63, 3.8) is 0 Å². The quantitative estimate of drug-likeness (QED) is 0.806. The first-order valence-corrected chi connectivity index (χ1v) is 5.24. The summed E-state index contributed by atoms with van der Waals surface area (Å²) in [6, 6.07) is 2.80. The van der Waals surface area contributed by atoms with Crippen molar-refractivity contribution in [2.24, 2.45) is 0 Å². The molecule has 1 aromatic heterocycles. The number of carbonyl (C=O) groups excluding carboxylic acids is 1. The lowest BCUT2D eigenvalue weighted by Gasteiger charge is -2.20. The van der Waals surface area contributed by atoms with Crippen LogP contribution in [-0.4, -0.2) is 21.2 Å². The van der Waals surface area contributed by atoms with Crippen LogP contribution in [0.1, 0.15) is 38.2 Å². The van der Waals surface area contributed by atoms with E-state index in [1.165, 1.54) is 16.8 Å². The van der Waals surface area contributed by atoms with Gasteiger partial charge in [-0.05, 0) is 33.8 Å². The molecule has 0 saturated carbocycles. The molecule has 1 rings (SSSR count). The first kappa shape index (κ1) is 12.4. The Hall–Kier alpha value is -1.65. The van der Waals surface area contributed by atoms with Crippen molar-refractivity contribution < 1.29 is 4.79 Å². The van der Waals surface area contributed by atoms with Crippen molar-refractivity contribution in [3.8, 4) is 0 Å². The Balaban J connectivity index is 2.97. The summed E-state index contributed by atoms with van der Waals surface area (Å²) in [6.07, 6.45) is 0. The SMILES string of the molecule is CCn1nc(C(=O)NC(C)(C)C)ccc1=O. The predicted octanol–water partition coefficient (Wildman–Crippen LogP) is 0.791. The van der Waals surface area contributed by atoms with Crippen LogP contribution in [0.25, 0.3) is 0 Å². The highest BCUT2D eigenvalue weighted by Gasteiger charge is 2.16. The van der Waals surface area contributed by atoms with Crippen molar-refractivity contribution in [1.29, 1.82) is 0 Å². The van der Waals surface area contributed by atoms with Crippen molar-refractivity contribution in [1.82, 2.24) is 15.1 Å². The zero-order valence-corrected chi connectivity index (χ0v) is 10.1. The maximum atomic E-state index is 11.8. The highest BCUT2D eigenvalue weighted by molar-refractivity contribution is 5.92. The summed E-state index contributed by atoms with van der Waals surface area (Å²) in [7, 11) is 0. The molecule has 88 valence electrons. The van der Waals surface area contributed by atoms with Crippen LogP contribution in [0.4, 0.5) is 0 Å². The standard InChI is InChI=1S/C11H17N3O2/c1-5-14-9(15)7-6-8(13-14)10(16)12-11(2,3)4/h6-7H,5H2,1-4H3,(H,12,16). The number of carbonyl (C=O) groups is 1. The third kappa shape index (κ3) is 3.18. The Morgan fingerprint density at radius 1 is 1.44 bits per heavy atom. The largest absolute Gasteiger partial charge is 0.346 e. The van der Waals surface area contributed by atoms with Gasteiger partial charge >= 0.3 is 0 Å². The van der Waals surface area contributed by atoms with Crippen molar-refractivity contribution in [2.75, 3.05) is 0 Å². The Kier molecular flexibility index (Phi) is 3.47. The fraction of sp³-hybridized carbons (Fsp3) is 0.545. The molecule has 0 saturated heterocycles. The lowest BCUT2D eigenvalue weighted by Crippen LogP contribution is -2.41. The summed E-state index contributed by atoms with van der Waals surface area (Å²) in [4.78, 5) is 23.0. The van der Waals surface area contributed by atoms with Gasteiger partial charge in [0.1, 0.15) is 5.69 Å². The van der Waals surface area contributed by atoms with Gasteiger partial charge < -0.3 is 5.32 Å². The summed E-state index contributed by atoms with van der Waals surface area (Å²) in [6.45, 7) is 7.93. The molecule has 0 atom stereocenters. The van der Waals surface area contributed by atoms with Crippen LogP contribution in [0.5, 0.6) is 0 Å². The van der Waals surface area contributed by atoms with Crippen molar-refractivity contribution in [2.45, 2.75) is 39.8 Å². The smallest absolute Gasteiger partial charge is 0.272 e. The number of nitrogens with one attached hydrogen (secondary N) is 1. The van der Waals surface area contributed by atoms with Crippen LogP contribution in [-0.2, 0) is 6.54 Å². The third-order valence-corrected chi connectivity index (χ3v) is 1.89. The van der Waals surface area contributed by atoms with Gasteiger partial charge in [0.15, 0.2) is 0 Å². The van der Waals surface area contributed by atoms with Crippen LogP contribution in [0.3, 0.4) is 0 Å². The molecular weight excluding hydrogens is 206 g/mol. The molecule has 0 unspecified atom stereocenters. The van der Waals surface area contributed by atoms with Gasteiger partial charge in [-0.1, -0.05) is 0 Å². The second-order valence-corrected chi connectivity index (χ2v) is 4.58. The molecule has 1 heterocycles. The average molecular weight is 223 g/mol. The fourth-order valence-corrected chi connectivity index (χ4v) is 1.20. The molecular formula is C11H17N3O2. The molecule has 0 radical (unpaired) electrons. The monoisotopic (exact) mass is 223 g/mol. The van der Waals surface area contributed by atoms with E-state index >= 15 is 0 Å². The van der Waals surface area contributed by atoms with Crippen molar-refractivity contribution >= 4 is 5.91 Å². The Labute approximate surface area is 94.5 Å². The van der Waals surface area contributed by atoms with E-state index in [0.717, 1.165) is 0 Å². The Bertz CT molecular complexity index is 443. The number of nitrogens with zero attached hydrogens (tertiary/aromatic N) is 2. The van der Waals surface area contributed by atoms with Gasteiger partial charge in [0, 0.05) is 18.2 Å². The van der Waals surface area contributed by atoms with Gasteiger partial charge in [-0.2, -0.15) is 5.10 Å². The highest BCUT2D eigenvalue weighted by Crippen LogP contribution is 2.01. The minimum absolute atomic E-state index is 0.199. The second kappa shape index (κ2) is 4.47. The molecule has 0 spiro atoms. The van der Waals surface area contributed by atoms with Crippen LogP contribution < -0.4 is 10.9 Å². The summed E-state index contributed by atoms with van der Waals surface area (Å²) >= 11 is 0. The van der Waals surface area contributed by atoms with Crippen LogP contribution in [0.15, 0.2) is 16.9 Å². The van der Waals surface area contributed by atoms with Crippen LogP contribution in [0, 0.1) is 0 Å². The summed E-state index contributed by atoms with van der Waals surface area (Å²) < 4.78 is 1.26. The third-order valence-electron chi connectivity index (χ3n) is 1.89. The topological polar surface area (TPSA) is 64.0 Å². The van der Waals surface area contributed by atoms with E-state index in [4.69, 9.17) is 0 Å².